The molecule has 1 atom stereocenters. The van der Waals surface area contributed by atoms with Crippen LogP contribution in [-0.4, -0.2) is 48.8 Å². The molecule has 122 valence electrons. The van der Waals surface area contributed by atoms with Crippen molar-refractivity contribution in [3.63, 3.8) is 0 Å². The fourth-order valence-electron chi connectivity index (χ4n) is 3.47. The second-order valence-corrected chi connectivity index (χ2v) is 6.47. The Kier molecular flexibility index (Phi) is 4.07. The summed E-state index contributed by atoms with van der Waals surface area (Å²) in [6.45, 7) is 3.31. The van der Waals surface area contributed by atoms with Crippen LogP contribution in [0, 0.1) is 5.41 Å². The lowest BCUT2D eigenvalue weighted by molar-refractivity contribution is -0.132. The van der Waals surface area contributed by atoms with E-state index in [0.717, 1.165) is 12.1 Å². The van der Waals surface area contributed by atoms with Gasteiger partial charge in [-0.05, 0) is 18.6 Å². The van der Waals surface area contributed by atoms with Crippen LogP contribution in [0.2, 0.25) is 0 Å². The summed E-state index contributed by atoms with van der Waals surface area (Å²) in [7, 11) is 0. The molecule has 2 aliphatic rings. The van der Waals surface area contributed by atoms with Crippen LogP contribution in [0.25, 0.3) is 0 Å². The van der Waals surface area contributed by atoms with Crippen LogP contribution in [0.5, 0.6) is 0 Å². The highest BCUT2D eigenvalue weighted by molar-refractivity contribution is 5.96. The van der Waals surface area contributed by atoms with Crippen LogP contribution in [0.4, 0.5) is 5.69 Å². The molecule has 3 amide bonds. The lowest BCUT2D eigenvalue weighted by Gasteiger charge is -2.24. The van der Waals surface area contributed by atoms with Gasteiger partial charge in [0.1, 0.15) is 0 Å². The van der Waals surface area contributed by atoms with Crippen LogP contribution in [0.1, 0.15) is 19.8 Å². The van der Waals surface area contributed by atoms with E-state index >= 15 is 0 Å². The number of nitrogens with one attached hydrogen (secondary N) is 1. The Hall–Kier alpha value is -2.37. The minimum absolute atomic E-state index is 0.0295. The third kappa shape index (κ3) is 3.21. The number of benzene rings is 1. The molecule has 0 aliphatic carbocycles. The van der Waals surface area contributed by atoms with Crippen molar-refractivity contribution in [2.45, 2.75) is 19.8 Å². The highest BCUT2D eigenvalue weighted by Gasteiger charge is 2.48. The first-order valence-corrected chi connectivity index (χ1v) is 7.87. The van der Waals surface area contributed by atoms with Gasteiger partial charge < -0.3 is 15.1 Å². The zero-order valence-electron chi connectivity index (χ0n) is 13.2. The molecular weight excluding hydrogens is 294 g/mol. The van der Waals surface area contributed by atoms with Crippen molar-refractivity contribution in [3.8, 4) is 0 Å². The summed E-state index contributed by atoms with van der Waals surface area (Å²) in [4.78, 5) is 39.0. The Morgan fingerprint density at radius 2 is 1.96 bits per heavy atom. The van der Waals surface area contributed by atoms with Crippen molar-refractivity contribution >= 4 is 23.4 Å². The number of rotatable bonds is 3. The highest BCUT2D eigenvalue weighted by Crippen LogP contribution is 2.41. The average molecular weight is 315 g/mol. The molecule has 2 saturated heterocycles. The van der Waals surface area contributed by atoms with E-state index in [0.29, 0.717) is 26.1 Å². The molecule has 2 fully saturated rings. The van der Waals surface area contributed by atoms with Crippen LogP contribution >= 0.6 is 0 Å². The quantitative estimate of drug-likeness (QED) is 0.896. The molecule has 1 aromatic carbocycles. The average Bonchev–Trinajstić information content (AvgIpc) is 3.09. The molecule has 2 heterocycles. The number of carbonyl (C=O) groups excluding carboxylic acids is 3. The minimum Gasteiger partial charge on any atom is -0.347 e. The van der Waals surface area contributed by atoms with Crippen molar-refractivity contribution in [1.82, 2.24) is 10.2 Å². The van der Waals surface area contributed by atoms with E-state index in [4.69, 9.17) is 0 Å². The first-order chi connectivity index (χ1) is 11.0. The Morgan fingerprint density at radius 1 is 1.22 bits per heavy atom. The molecule has 6 nitrogen and oxygen atoms in total. The third-order valence-corrected chi connectivity index (χ3v) is 4.67. The number of anilines is 1. The Labute approximate surface area is 135 Å². The summed E-state index contributed by atoms with van der Waals surface area (Å²) in [6, 6.07) is 9.64. The molecule has 0 unspecified atom stereocenters. The monoisotopic (exact) mass is 315 g/mol. The molecule has 0 aromatic heterocycles. The lowest BCUT2D eigenvalue weighted by Crippen LogP contribution is -2.40. The molecule has 0 radical (unpaired) electrons. The SMILES string of the molecule is CC(=O)NCC(=O)N1CC[C@@]2(CC(=O)N(c3ccccc3)C2)C1. The molecule has 0 saturated carbocycles. The number of hydrogen-bond acceptors (Lipinski definition) is 3. The summed E-state index contributed by atoms with van der Waals surface area (Å²) in [5, 5.41) is 2.54. The molecule has 2 aliphatic heterocycles. The third-order valence-electron chi connectivity index (χ3n) is 4.67. The number of carbonyl (C=O) groups is 3. The van der Waals surface area contributed by atoms with Gasteiger partial charge in [0.2, 0.25) is 17.7 Å². The highest BCUT2D eigenvalue weighted by atomic mass is 16.2. The molecule has 1 aromatic rings. The maximum absolute atomic E-state index is 12.4. The second kappa shape index (κ2) is 6.02. The van der Waals surface area contributed by atoms with Gasteiger partial charge in [-0.3, -0.25) is 14.4 Å². The van der Waals surface area contributed by atoms with Crippen LogP contribution < -0.4 is 10.2 Å². The standard InChI is InChI=1S/C17H21N3O3/c1-13(21)18-10-16(23)19-8-7-17(11-19)9-15(22)20(12-17)14-5-3-2-4-6-14/h2-6H,7-12H2,1H3,(H,18,21)/t17-/m1/s1. The fourth-order valence-corrected chi connectivity index (χ4v) is 3.47. The van der Waals surface area contributed by atoms with Crippen molar-refractivity contribution in [1.29, 1.82) is 0 Å². The minimum atomic E-state index is -0.210. The van der Waals surface area contributed by atoms with Gasteiger partial charge in [0.15, 0.2) is 0 Å². The summed E-state index contributed by atoms with van der Waals surface area (Å²) in [6.07, 6.45) is 1.31. The molecule has 23 heavy (non-hydrogen) atoms. The smallest absolute Gasteiger partial charge is 0.241 e. The Bertz CT molecular complexity index is 631. The second-order valence-electron chi connectivity index (χ2n) is 6.47. The number of nitrogens with zero attached hydrogens (tertiary/aromatic N) is 2. The van der Waals surface area contributed by atoms with Crippen molar-refractivity contribution in [2.75, 3.05) is 31.1 Å². The first-order valence-electron chi connectivity index (χ1n) is 7.87. The molecule has 0 bridgehead atoms. The van der Waals surface area contributed by atoms with Crippen molar-refractivity contribution < 1.29 is 14.4 Å². The zero-order chi connectivity index (χ0) is 16.4. The summed E-state index contributed by atoms with van der Waals surface area (Å²) < 4.78 is 0. The van der Waals surface area contributed by atoms with E-state index < -0.39 is 0 Å². The van der Waals surface area contributed by atoms with E-state index in [-0.39, 0.29) is 29.7 Å². The van der Waals surface area contributed by atoms with E-state index in [2.05, 4.69) is 5.32 Å². The van der Waals surface area contributed by atoms with Gasteiger partial charge in [0, 0.05) is 44.1 Å². The van der Waals surface area contributed by atoms with E-state index in [1.165, 1.54) is 6.92 Å². The van der Waals surface area contributed by atoms with E-state index in [1.807, 2.05) is 35.2 Å². The predicted octanol–water partition coefficient (Wildman–Crippen LogP) is 0.778. The predicted molar refractivity (Wildman–Crippen MR) is 85.7 cm³/mol. The fraction of sp³-hybridized carbons (Fsp3) is 0.471. The summed E-state index contributed by atoms with van der Waals surface area (Å²) >= 11 is 0. The molecule has 1 spiro atoms. The maximum atomic E-state index is 12.4. The summed E-state index contributed by atoms with van der Waals surface area (Å²) in [5.41, 5.74) is 0.760. The van der Waals surface area contributed by atoms with Gasteiger partial charge in [-0.1, -0.05) is 18.2 Å². The first kappa shape index (κ1) is 15.5. The number of likely N-dealkylation sites (tertiary alicyclic amines) is 1. The van der Waals surface area contributed by atoms with Crippen molar-refractivity contribution in [2.24, 2.45) is 5.41 Å². The van der Waals surface area contributed by atoms with E-state index in [1.54, 1.807) is 4.90 Å². The largest absolute Gasteiger partial charge is 0.347 e. The topological polar surface area (TPSA) is 69.7 Å². The number of para-hydroxylation sites is 1. The molecule has 1 N–H and O–H groups in total. The van der Waals surface area contributed by atoms with Gasteiger partial charge in [-0.2, -0.15) is 0 Å². The molecular formula is C17H21N3O3. The van der Waals surface area contributed by atoms with E-state index in [9.17, 15) is 14.4 Å². The van der Waals surface area contributed by atoms with Gasteiger partial charge in [-0.25, -0.2) is 0 Å². The van der Waals surface area contributed by atoms with Gasteiger partial charge in [0.05, 0.1) is 6.54 Å². The van der Waals surface area contributed by atoms with Crippen LogP contribution in [0.3, 0.4) is 0 Å². The Morgan fingerprint density at radius 3 is 2.65 bits per heavy atom. The van der Waals surface area contributed by atoms with Gasteiger partial charge in [-0.15, -0.1) is 0 Å². The molecule has 3 rings (SSSR count). The van der Waals surface area contributed by atoms with Gasteiger partial charge >= 0.3 is 0 Å². The summed E-state index contributed by atoms with van der Waals surface area (Å²) in [5.74, 6) is -0.173. The zero-order valence-corrected chi connectivity index (χ0v) is 13.2. The normalized spacial score (nSPS) is 23.6. The van der Waals surface area contributed by atoms with Crippen molar-refractivity contribution in [3.05, 3.63) is 30.3 Å². The number of hydrogen-bond donors (Lipinski definition) is 1. The maximum Gasteiger partial charge on any atom is 0.241 e. The molecule has 6 heteroatoms. The lowest BCUT2D eigenvalue weighted by atomic mass is 9.86. The van der Waals surface area contributed by atoms with Gasteiger partial charge in [0.25, 0.3) is 0 Å². The van der Waals surface area contributed by atoms with Crippen LogP contribution in [0.15, 0.2) is 30.3 Å². The van der Waals surface area contributed by atoms with Crippen LogP contribution in [-0.2, 0) is 14.4 Å². The Balaban J connectivity index is 1.65. The number of amides is 3.